The first kappa shape index (κ1) is 22.7. The minimum Gasteiger partial charge on any atom is -0.493 e. The number of amides is 1. The van der Waals surface area contributed by atoms with Crippen LogP contribution in [0.5, 0.6) is 5.75 Å². The van der Waals surface area contributed by atoms with Crippen LogP contribution in [0.3, 0.4) is 0 Å². The van der Waals surface area contributed by atoms with Gasteiger partial charge in [0.05, 0.1) is 17.3 Å². The van der Waals surface area contributed by atoms with Crippen LogP contribution in [0.1, 0.15) is 24.2 Å². The van der Waals surface area contributed by atoms with Gasteiger partial charge in [-0.2, -0.15) is 4.98 Å². The van der Waals surface area contributed by atoms with E-state index in [9.17, 15) is 4.79 Å². The number of fused-ring (bicyclic) bond motifs is 1. The van der Waals surface area contributed by atoms with E-state index >= 15 is 0 Å². The van der Waals surface area contributed by atoms with Crippen LogP contribution in [-0.2, 0) is 0 Å². The number of carbonyl (C=O) groups is 1. The second-order valence-corrected chi connectivity index (χ2v) is 8.49. The fourth-order valence-electron chi connectivity index (χ4n) is 2.94. The van der Waals surface area contributed by atoms with Crippen molar-refractivity contribution in [1.29, 1.82) is 0 Å². The first-order chi connectivity index (χ1) is 15.9. The molecule has 0 radical (unpaired) electrons. The maximum atomic E-state index is 12.6. The Morgan fingerprint density at radius 2 is 1.97 bits per heavy atom. The van der Waals surface area contributed by atoms with Gasteiger partial charge in [-0.15, -0.1) is 0 Å². The Morgan fingerprint density at radius 3 is 2.70 bits per heavy atom. The van der Waals surface area contributed by atoms with Crippen molar-refractivity contribution in [2.24, 2.45) is 5.92 Å². The molecule has 0 saturated heterocycles. The molecule has 2 heterocycles. The lowest BCUT2D eigenvalue weighted by atomic mass is 10.2. The number of halogens is 1. The molecule has 0 unspecified atom stereocenters. The molecule has 4 rings (SSSR count). The van der Waals surface area contributed by atoms with Crippen molar-refractivity contribution >= 4 is 51.8 Å². The lowest BCUT2D eigenvalue weighted by Gasteiger charge is -2.12. The van der Waals surface area contributed by atoms with E-state index in [2.05, 4.69) is 34.4 Å². The van der Waals surface area contributed by atoms with Gasteiger partial charge in [-0.1, -0.05) is 25.4 Å². The number of rotatable bonds is 6. The number of hydrogen-bond donors (Lipinski definition) is 2. The first-order valence-corrected chi connectivity index (χ1v) is 11.0. The second-order valence-electron chi connectivity index (χ2n) is 7.68. The SMILES string of the molecule is CC(C)COc1ccc(C(=O)NC(=S)Nc2cc(-c3nc4ncccc4o3)ccc2Cl)cc1. The fourth-order valence-corrected chi connectivity index (χ4v) is 3.31. The minimum atomic E-state index is -0.347. The minimum absolute atomic E-state index is 0.110. The number of oxazole rings is 1. The topological polar surface area (TPSA) is 89.3 Å². The van der Waals surface area contributed by atoms with Gasteiger partial charge in [0.15, 0.2) is 16.3 Å². The van der Waals surface area contributed by atoms with Crippen LogP contribution in [0, 0.1) is 5.92 Å². The van der Waals surface area contributed by atoms with E-state index < -0.39 is 0 Å². The molecule has 0 atom stereocenters. The molecular weight excluding hydrogens is 460 g/mol. The Hall–Kier alpha value is -3.49. The van der Waals surface area contributed by atoms with Gasteiger partial charge in [0, 0.05) is 17.3 Å². The highest BCUT2D eigenvalue weighted by Crippen LogP contribution is 2.30. The largest absolute Gasteiger partial charge is 0.493 e. The van der Waals surface area contributed by atoms with Gasteiger partial charge in [-0.3, -0.25) is 10.1 Å². The number of hydrogen-bond acceptors (Lipinski definition) is 6. The van der Waals surface area contributed by atoms with Crippen LogP contribution in [0.2, 0.25) is 5.02 Å². The van der Waals surface area contributed by atoms with Crippen LogP contribution in [0.15, 0.2) is 65.2 Å². The molecule has 2 N–H and O–H groups in total. The second kappa shape index (κ2) is 9.97. The Bertz CT molecular complexity index is 1270. The first-order valence-electron chi connectivity index (χ1n) is 10.3. The number of pyridine rings is 1. The third-order valence-corrected chi connectivity index (χ3v) is 5.09. The summed E-state index contributed by atoms with van der Waals surface area (Å²) >= 11 is 11.6. The maximum Gasteiger partial charge on any atom is 0.257 e. The van der Waals surface area contributed by atoms with Crippen LogP contribution in [-0.4, -0.2) is 27.6 Å². The zero-order valence-electron chi connectivity index (χ0n) is 18.0. The van der Waals surface area contributed by atoms with Gasteiger partial charge in [0.25, 0.3) is 5.91 Å². The Balaban J connectivity index is 1.42. The van der Waals surface area contributed by atoms with Crippen molar-refractivity contribution in [2.45, 2.75) is 13.8 Å². The molecule has 0 fully saturated rings. The standard InChI is InChI=1S/C24H21ClN4O3S/c1-14(2)13-31-17-8-5-15(6-9-17)22(30)29-24(33)27-19-12-16(7-10-18(19)25)23-28-21-20(32-23)4-3-11-26-21/h3-12,14H,13H2,1-2H3,(H2,27,29,30,33). The van der Waals surface area contributed by atoms with E-state index in [0.717, 1.165) is 0 Å². The van der Waals surface area contributed by atoms with Crippen molar-refractivity contribution in [3.8, 4) is 17.2 Å². The number of carbonyl (C=O) groups excluding carboxylic acids is 1. The third kappa shape index (κ3) is 5.66. The highest BCUT2D eigenvalue weighted by molar-refractivity contribution is 7.80. The molecule has 168 valence electrons. The van der Waals surface area contributed by atoms with Gasteiger partial charge < -0.3 is 14.5 Å². The number of nitrogens with zero attached hydrogens (tertiary/aromatic N) is 2. The summed E-state index contributed by atoms with van der Waals surface area (Å²) in [6.07, 6.45) is 1.65. The van der Waals surface area contributed by atoms with Gasteiger partial charge >= 0.3 is 0 Å². The molecule has 0 aliphatic heterocycles. The summed E-state index contributed by atoms with van der Waals surface area (Å²) in [7, 11) is 0. The number of anilines is 1. The average Bonchev–Trinajstić information content (AvgIpc) is 3.23. The predicted molar refractivity (Wildman–Crippen MR) is 133 cm³/mol. The number of thiocarbonyl (C=S) groups is 1. The summed E-state index contributed by atoms with van der Waals surface area (Å²) < 4.78 is 11.4. The van der Waals surface area contributed by atoms with Crippen LogP contribution < -0.4 is 15.4 Å². The van der Waals surface area contributed by atoms with Crippen molar-refractivity contribution in [3.05, 3.63) is 71.4 Å². The summed E-state index contributed by atoms with van der Waals surface area (Å²) in [6, 6.07) is 15.7. The fraction of sp³-hybridized carbons (Fsp3) is 0.167. The molecule has 2 aromatic carbocycles. The van der Waals surface area contributed by atoms with Crippen molar-refractivity contribution in [2.75, 3.05) is 11.9 Å². The molecule has 1 amide bonds. The zero-order valence-corrected chi connectivity index (χ0v) is 19.5. The van der Waals surface area contributed by atoms with Crippen LogP contribution >= 0.6 is 23.8 Å². The molecule has 7 nitrogen and oxygen atoms in total. The van der Waals surface area contributed by atoms with Gasteiger partial charge in [0.1, 0.15) is 5.75 Å². The number of aromatic nitrogens is 2. The van der Waals surface area contributed by atoms with Gasteiger partial charge in [-0.25, -0.2) is 4.98 Å². The lowest BCUT2D eigenvalue weighted by Crippen LogP contribution is -2.34. The van der Waals surface area contributed by atoms with Crippen molar-refractivity contribution in [3.63, 3.8) is 0 Å². The lowest BCUT2D eigenvalue weighted by molar-refractivity contribution is 0.0977. The molecule has 33 heavy (non-hydrogen) atoms. The van der Waals surface area contributed by atoms with E-state index in [1.165, 1.54) is 0 Å². The van der Waals surface area contributed by atoms with E-state index in [4.69, 9.17) is 33.0 Å². The summed E-state index contributed by atoms with van der Waals surface area (Å²) in [6.45, 7) is 4.75. The monoisotopic (exact) mass is 480 g/mol. The molecule has 0 aliphatic carbocycles. The van der Waals surface area contributed by atoms with E-state index in [0.29, 0.717) is 57.2 Å². The highest BCUT2D eigenvalue weighted by Gasteiger charge is 2.13. The Labute approximate surface area is 201 Å². The Kier molecular flexibility index (Phi) is 6.86. The maximum absolute atomic E-state index is 12.6. The summed E-state index contributed by atoms with van der Waals surface area (Å²) in [5, 5.41) is 6.15. The highest BCUT2D eigenvalue weighted by atomic mass is 35.5. The van der Waals surface area contributed by atoms with Gasteiger partial charge in [0.2, 0.25) is 5.89 Å². The van der Waals surface area contributed by atoms with Crippen LogP contribution in [0.4, 0.5) is 5.69 Å². The van der Waals surface area contributed by atoms with E-state index in [1.807, 2.05) is 0 Å². The molecule has 2 aromatic heterocycles. The average molecular weight is 481 g/mol. The molecule has 4 aromatic rings. The van der Waals surface area contributed by atoms with Crippen LogP contribution in [0.25, 0.3) is 22.7 Å². The number of ether oxygens (including phenoxy) is 1. The molecule has 0 bridgehead atoms. The van der Waals surface area contributed by atoms with E-state index in [-0.39, 0.29) is 11.0 Å². The van der Waals surface area contributed by atoms with Gasteiger partial charge in [-0.05, 0) is 72.7 Å². The molecule has 0 saturated carbocycles. The Morgan fingerprint density at radius 1 is 1.18 bits per heavy atom. The van der Waals surface area contributed by atoms with E-state index in [1.54, 1.807) is 60.8 Å². The third-order valence-electron chi connectivity index (χ3n) is 4.55. The molecule has 9 heteroatoms. The summed E-state index contributed by atoms with van der Waals surface area (Å²) in [5.74, 6) is 1.18. The normalized spacial score (nSPS) is 10.9. The predicted octanol–water partition coefficient (Wildman–Crippen LogP) is 5.70. The summed E-state index contributed by atoms with van der Waals surface area (Å²) in [5.41, 5.74) is 2.74. The molecule has 0 aliphatic rings. The number of nitrogens with one attached hydrogen (secondary N) is 2. The summed E-state index contributed by atoms with van der Waals surface area (Å²) in [4.78, 5) is 21.1. The smallest absolute Gasteiger partial charge is 0.257 e. The number of benzene rings is 2. The van der Waals surface area contributed by atoms with Crippen molar-refractivity contribution < 1.29 is 13.9 Å². The quantitative estimate of drug-likeness (QED) is 0.342. The molecular formula is C24H21ClN4O3S. The van der Waals surface area contributed by atoms with Crippen molar-refractivity contribution in [1.82, 2.24) is 15.3 Å². The zero-order chi connectivity index (χ0) is 23.4. The molecule has 0 spiro atoms.